The molecule has 110 valence electrons. The third-order valence-corrected chi connectivity index (χ3v) is 4.14. The maximum Gasteiger partial charge on any atom is 0.253 e. The summed E-state index contributed by atoms with van der Waals surface area (Å²) in [6, 6.07) is 5.56. The molecular formula is C16H25N3O. The largest absolute Gasteiger partial charge is 0.399 e. The molecule has 1 heterocycles. The minimum atomic E-state index is -0.0138. The molecule has 3 N–H and O–H groups in total. The van der Waals surface area contributed by atoms with Gasteiger partial charge in [0.15, 0.2) is 0 Å². The van der Waals surface area contributed by atoms with E-state index < -0.39 is 0 Å². The Morgan fingerprint density at radius 3 is 2.65 bits per heavy atom. The number of nitrogen functional groups attached to an aromatic ring is 1. The number of amides is 1. The molecule has 0 spiro atoms. The Kier molecular flexibility index (Phi) is 4.88. The van der Waals surface area contributed by atoms with Crippen molar-refractivity contribution in [2.75, 3.05) is 30.3 Å². The summed E-state index contributed by atoms with van der Waals surface area (Å²) in [6.45, 7) is 6.84. The fourth-order valence-corrected chi connectivity index (χ4v) is 2.84. The quantitative estimate of drug-likeness (QED) is 0.831. The molecule has 1 aromatic rings. The van der Waals surface area contributed by atoms with Crippen LogP contribution in [0.1, 0.15) is 43.5 Å². The molecule has 0 aliphatic carbocycles. The summed E-state index contributed by atoms with van der Waals surface area (Å²) in [6.07, 6.45) is 3.63. The van der Waals surface area contributed by atoms with Crippen molar-refractivity contribution < 1.29 is 4.79 Å². The van der Waals surface area contributed by atoms with Crippen LogP contribution in [0.2, 0.25) is 0 Å². The maximum absolute atomic E-state index is 12.2. The van der Waals surface area contributed by atoms with E-state index in [1.165, 1.54) is 19.3 Å². The zero-order valence-corrected chi connectivity index (χ0v) is 12.5. The monoisotopic (exact) mass is 275 g/mol. The first-order valence-electron chi connectivity index (χ1n) is 7.58. The van der Waals surface area contributed by atoms with Gasteiger partial charge in [-0.15, -0.1) is 0 Å². The minimum Gasteiger partial charge on any atom is -0.399 e. The molecule has 20 heavy (non-hydrogen) atoms. The Bertz CT molecular complexity index is 465. The molecule has 1 aliphatic heterocycles. The van der Waals surface area contributed by atoms with Gasteiger partial charge in [-0.1, -0.05) is 13.3 Å². The van der Waals surface area contributed by atoms with E-state index in [1.54, 1.807) is 6.07 Å². The zero-order chi connectivity index (χ0) is 14.5. The van der Waals surface area contributed by atoms with E-state index >= 15 is 0 Å². The molecule has 0 aromatic heterocycles. The lowest BCUT2D eigenvalue weighted by Crippen LogP contribution is -2.35. The van der Waals surface area contributed by atoms with Crippen LogP contribution in [-0.4, -0.2) is 25.5 Å². The van der Waals surface area contributed by atoms with Crippen molar-refractivity contribution in [1.29, 1.82) is 0 Å². The van der Waals surface area contributed by atoms with Gasteiger partial charge in [-0.2, -0.15) is 0 Å². The molecule has 1 fully saturated rings. The van der Waals surface area contributed by atoms with Gasteiger partial charge in [-0.25, -0.2) is 0 Å². The first kappa shape index (κ1) is 14.7. The van der Waals surface area contributed by atoms with Crippen molar-refractivity contribution >= 4 is 17.3 Å². The van der Waals surface area contributed by atoms with Gasteiger partial charge in [-0.05, 0) is 43.9 Å². The first-order valence-corrected chi connectivity index (χ1v) is 7.58. The Hall–Kier alpha value is -1.71. The Morgan fingerprint density at radius 1 is 1.35 bits per heavy atom. The number of hydrogen-bond donors (Lipinski definition) is 2. The van der Waals surface area contributed by atoms with Gasteiger partial charge in [0.2, 0.25) is 0 Å². The number of anilines is 2. The first-order chi connectivity index (χ1) is 9.65. The van der Waals surface area contributed by atoms with Gasteiger partial charge >= 0.3 is 0 Å². The van der Waals surface area contributed by atoms with Crippen LogP contribution in [0.4, 0.5) is 11.4 Å². The molecule has 0 atom stereocenters. The molecule has 4 heteroatoms. The van der Waals surface area contributed by atoms with Gasteiger partial charge in [-0.3, -0.25) is 4.79 Å². The van der Waals surface area contributed by atoms with E-state index in [1.807, 2.05) is 19.1 Å². The average molecular weight is 275 g/mol. The highest BCUT2D eigenvalue weighted by atomic mass is 16.1. The van der Waals surface area contributed by atoms with Crippen LogP contribution in [0.15, 0.2) is 18.2 Å². The molecule has 0 radical (unpaired) electrons. The standard InChI is InChI=1S/C16H25N3O/c1-3-12-7-9-19(10-8-12)15-11-13(17)5-6-14(15)16(20)18-4-2/h5-6,11-12H,3-4,7-10,17H2,1-2H3,(H,18,20). The van der Waals surface area contributed by atoms with E-state index in [-0.39, 0.29) is 5.91 Å². The second-order valence-electron chi connectivity index (χ2n) is 5.47. The molecule has 4 nitrogen and oxygen atoms in total. The van der Waals surface area contributed by atoms with Crippen LogP contribution in [-0.2, 0) is 0 Å². The number of carbonyl (C=O) groups is 1. The van der Waals surface area contributed by atoms with E-state index in [2.05, 4.69) is 17.1 Å². The van der Waals surface area contributed by atoms with Crippen molar-refractivity contribution in [1.82, 2.24) is 5.32 Å². The van der Waals surface area contributed by atoms with Gasteiger partial charge in [0, 0.05) is 25.3 Å². The van der Waals surface area contributed by atoms with Crippen molar-refractivity contribution in [3.63, 3.8) is 0 Å². The van der Waals surface area contributed by atoms with Crippen LogP contribution >= 0.6 is 0 Å². The van der Waals surface area contributed by atoms with E-state index in [9.17, 15) is 4.79 Å². The number of nitrogens with two attached hydrogens (primary N) is 1. The highest BCUT2D eigenvalue weighted by molar-refractivity contribution is 6.00. The number of carbonyl (C=O) groups excluding carboxylic acids is 1. The lowest BCUT2D eigenvalue weighted by molar-refractivity contribution is 0.0956. The maximum atomic E-state index is 12.2. The number of piperidine rings is 1. The van der Waals surface area contributed by atoms with Crippen molar-refractivity contribution in [2.45, 2.75) is 33.1 Å². The minimum absolute atomic E-state index is 0.0138. The molecule has 1 amide bonds. The van der Waals surface area contributed by atoms with Crippen LogP contribution in [0.25, 0.3) is 0 Å². The van der Waals surface area contributed by atoms with Gasteiger partial charge in [0.05, 0.1) is 11.3 Å². The number of nitrogens with zero attached hydrogens (tertiary/aromatic N) is 1. The van der Waals surface area contributed by atoms with Gasteiger partial charge in [0.25, 0.3) is 5.91 Å². The van der Waals surface area contributed by atoms with Crippen molar-refractivity contribution in [2.24, 2.45) is 5.92 Å². The molecule has 1 saturated heterocycles. The normalized spacial score (nSPS) is 16.2. The molecular weight excluding hydrogens is 250 g/mol. The topological polar surface area (TPSA) is 58.4 Å². The van der Waals surface area contributed by atoms with Crippen LogP contribution in [0.3, 0.4) is 0 Å². The summed E-state index contributed by atoms with van der Waals surface area (Å²) < 4.78 is 0. The second-order valence-corrected chi connectivity index (χ2v) is 5.47. The lowest BCUT2D eigenvalue weighted by Gasteiger charge is -2.34. The predicted molar refractivity (Wildman–Crippen MR) is 84.1 cm³/mol. The third kappa shape index (κ3) is 3.24. The highest BCUT2D eigenvalue weighted by Gasteiger charge is 2.22. The average Bonchev–Trinajstić information content (AvgIpc) is 2.47. The SMILES string of the molecule is CCNC(=O)c1ccc(N)cc1N1CCC(CC)CC1. The molecule has 0 unspecified atom stereocenters. The Labute approximate surface area is 121 Å². The summed E-state index contributed by atoms with van der Waals surface area (Å²) in [5.41, 5.74) is 8.33. The number of nitrogens with one attached hydrogen (secondary N) is 1. The summed E-state index contributed by atoms with van der Waals surface area (Å²) >= 11 is 0. The van der Waals surface area contributed by atoms with Crippen molar-refractivity contribution in [3.05, 3.63) is 23.8 Å². The number of hydrogen-bond acceptors (Lipinski definition) is 3. The summed E-state index contributed by atoms with van der Waals surface area (Å²) in [5, 5.41) is 2.87. The highest BCUT2D eigenvalue weighted by Crippen LogP contribution is 2.29. The van der Waals surface area contributed by atoms with Crippen LogP contribution in [0, 0.1) is 5.92 Å². The third-order valence-electron chi connectivity index (χ3n) is 4.14. The summed E-state index contributed by atoms with van der Waals surface area (Å²) in [7, 11) is 0. The molecule has 1 aliphatic rings. The van der Waals surface area contributed by atoms with Crippen LogP contribution in [0.5, 0.6) is 0 Å². The van der Waals surface area contributed by atoms with Gasteiger partial charge in [0.1, 0.15) is 0 Å². The smallest absolute Gasteiger partial charge is 0.253 e. The summed E-state index contributed by atoms with van der Waals surface area (Å²) in [4.78, 5) is 14.5. The van der Waals surface area contributed by atoms with E-state index in [4.69, 9.17) is 5.73 Å². The lowest BCUT2D eigenvalue weighted by atomic mass is 9.93. The number of rotatable bonds is 4. The molecule has 0 saturated carbocycles. The Morgan fingerprint density at radius 2 is 2.05 bits per heavy atom. The van der Waals surface area contributed by atoms with E-state index in [0.29, 0.717) is 12.2 Å². The van der Waals surface area contributed by atoms with Gasteiger partial charge < -0.3 is 16.0 Å². The summed E-state index contributed by atoms with van der Waals surface area (Å²) in [5.74, 6) is 0.806. The molecule has 2 rings (SSSR count). The fraction of sp³-hybridized carbons (Fsp3) is 0.562. The molecule has 0 bridgehead atoms. The predicted octanol–water partition coefficient (Wildman–Crippen LogP) is 2.64. The van der Waals surface area contributed by atoms with Crippen molar-refractivity contribution in [3.8, 4) is 0 Å². The van der Waals surface area contributed by atoms with E-state index in [0.717, 1.165) is 30.3 Å². The fourth-order valence-electron chi connectivity index (χ4n) is 2.84. The second kappa shape index (κ2) is 6.64. The number of benzene rings is 1. The zero-order valence-electron chi connectivity index (χ0n) is 12.5. The Balaban J connectivity index is 2.21. The van der Waals surface area contributed by atoms with Crippen LogP contribution < -0.4 is 16.0 Å². The molecule has 1 aromatic carbocycles.